The molecule has 0 aliphatic carbocycles. The van der Waals surface area contributed by atoms with Gasteiger partial charge in [0.1, 0.15) is 0 Å². The molecule has 0 fully saturated rings. The van der Waals surface area contributed by atoms with E-state index in [1.807, 2.05) is 0 Å². The number of ether oxygens (including phenoxy) is 1. The lowest BCUT2D eigenvalue weighted by molar-refractivity contribution is -0.142. The number of benzene rings is 1. The average molecular weight is 334 g/mol. The minimum Gasteiger partial charge on any atom is -0.466 e. The van der Waals surface area contributed by atoms with Gasteiger partial charge in [0.15, 0.2) is 5.78 Å². The summed E-state index contributed by atoms with van der Waals surface area (Å²) in [5.41, 5.74) is 1.39. The molecule has 5 heteroatoms. The van der Waals surface area contributed by atoms with Crippen molar-refractivity contribution >= 4 is 39.3 Å². The summed E-state index contributed by atoms with van der Waals surface area (Å²) in [4.78, 5) is 23.0. The second-order valence-corrected chi connectivity index (χ2v) is 4.89. The molecule has 1 rings (SSSR count). The second-order valence-electron chi connectivity index (χ2n) is 3.66. The highest BCUT2D eigenvalue weighted by atomic mass is 79.9. The third-order valence-electron chi connectivity index (χ3n) is 2.31. The molecule has 18 heavy (non-hydrogen) atoms. The lowest BCUT2D eigenvalue weighted by Gasteiger charge is -2.06. The van der Waals surface area contributed by atoms with Gasteiger partial charge in [-0.05, 0) is 24.6 Å². The topological polar surface area (TPSA) is 43.4 Å². The summed E-state index contributed by atoms with van der Waals surface area (Å²) < 4.78 is 5.54. The highest BCUT2D eigenvalue weighted by molar-refractivity contribution is 9.10. The van der Waals surface area contributed by atoms with E-state index < -0.39 is 0 Å². The van der Waals surface area contributed by atoms with Crippen LogP contribution in [0.2, 0.25) is 0 Å². The Bertz CT molecular complexity index is 446. The molecule has 0 aliphatic heterocycles. The Morgan fingerprint density at radius 1 is 1.39 bits per heavy atom. The molecule has 0 heterocycles. The third-order valence-corrected chi connectivity index (χ3v) is 3.15. The molecule has 0 radical (unpaired) electrons. The van der Waals surface area contributed by atoms with Crippen LogP contribution < -0.4 is 0 Å². The van der Waals surface area contributed by atoms with Gasteiger partial charge < -0.3 is 4.74 Å². The maximum absolute atomic E-state index is 11.7. The molecule has 1 aromatic rings. The van der Waals surface area contributed by atoms with Crippen LogP contribution in [0.3, 0.4) is 0 Å². The zero-order chi connectivity index (χ0) is 13.5. The number of ketones is 1. The summed E-state index contributed by atoms with van der Waals surface area (Å²) in [5.74, 6) is 0.0133. The Morgan fingerprint density at radius 3 is 2.67 bits per heavy atom. The molecule has 0 aromatic heterocycles. The first-order valence-corrected chi connectivity index (χ1v) is 6.94. The molecular weight excluding hydrogens is 319 g/mol. The fourth-order valence-corrected chi connectivity index (χ4v) is 2.31. The largest absolute Gasteiger partial charge is 0.466 e. The van der Waals surface area contributed by atoms with E-state index in [-0.39, 0.29) is 18.2 Å². The van der Waals surface area contributed by atoms with Gasteiger partial charge >= 0.3 is 5.97 Å². The number of Topliss-reactive ketones (excluding diaryl/α,β-unsaturated/α-hetero) is 1. The SMILES string of the molecule is CCOC(=O)Cc1ccc(C(=O)CCCl)c(Br)c1. The molecule has 98 valence electrons. The maximum Gasteiger partial charge on any atom is 0.310 e. The Hall–Kier alpha value is -0.870. The molecular formula is C13H14BrClO3. The van der Waals surface area contributed by atoms with E-state index in [1.165, 1.54) is 0 Å². The van der Waals surface area contributed by atoms with Crippen molar-refractivity contribution in [1.82, 2.24) is 0 Å². The van der Waals surface area contributed by atoms with Gasteiger partial charge in [-0.15, -0.1) is 11.6 Å². The fourth-order valence-electron chi connectivity index (χ4n) is 1.49. The third kappa shape index (κ3) is 4.42. The normalized spacial score (nSPS) is 10.2. The van der Waals surface area contributed by atoms with Crippen molar-refractivity contribution in [1.29, 1.82) is 0 Å². The summed E-state index contributed by atoms with van der Waals surface area (Å²) in [5, 5.41) is 0. The van der Waals surface area contributed by atoms with Crippen molar-refractivity contribution < 1.29 is 14.3 Å². The molecule has 0 spiro atoms. The summed E-state index contributed by atoms with van der Waals surface area (Å²) in [6.07, 6.45) is 0.508. The first kappa shape index (κ1) is 15.2. The van der Waals surface area contributed by atoms with E-state index in [2.05, 4.69) is 15.9 Å². The molecule has 0 unspecified atom stereocenters. The molecule has 0 atom stereocenters. The number of alkyl halides is 1. The first-order valence-electron chi connectivity index (χ1n) is 5.61. The molecule has 0 amide bonds. The van der Waals surface area contributed by atoms with Crippen LogP contribution in [0, 0.1) is 0 Å². The lowest BCUT2D eigenvalue weighted by atomic mass is 10.1. The van der Waals surface area contributed by atoms with Gasteiger partial charge in [-0.2, -0.15) is 0 Å². The minimum absolute atomic E-state index is 0.0143. The summed E-state index contributed by atoms with van der Waals surface area (Å²) in [6.45, 7) is 2.13. The number of rotatable bonds is 6. The molecule has 0 saturated heterocycles. The molecule has 0 N–H and O–H groups in total. The maximum atomic E-state index is 11.7. The van der Waals surface area contributed by atoms with Gasteiger partial charge in [0.05, 0.1) is 13.0 Å². The van der Waals surface area contributed by atoms with Gasteiger partial charge in [0.2, 0.25) is 0 Å². The van der Waals surface area contributed by atoms with Crippen LogP contribution in [0.15, 0.2) is 22.7 Å². The van der Waals surface area contributed by atoms with Gasteiger partial charge in [0.25, 0.3) is 0 Å². The van der Waals surface area contributed by atoms with Crippen molar-refractivity contribution in [3.63, 3.8) is 0 Å². The predicted octanol–water partition coefficient (Wildman–Crippen LogP) is 3.37. The van der Waals surface area contributed by atoms with Crippen LogP contribution in [0.25, 0.3) is 0 Å². The number of carbonyl (C=O) groups excluding carboxylic acids is 2. The van der Waals surface area contributed by atoms with E-state index in [4.69, 9.17) is 16.3 Å². The van der Waals surface area contributed by atoms with Crippen molar-refractivity contribution in [2.24, 2.45) is 0 Å². The number of hydrogen-bond acceptors (Lipinski definition) is 3. The van der Waals surface area contributed by atoms with E-state index in [0.717, 1.165) is 5.56 Å². The van der Waals surface area contributed by atoms with Crippen molar-refractivity contribution in [2.75, 3.05) is 12.5 Å². The van der Waals surface area contributed by atoms with Crippen LogP contribution in [0.5, 0.6) is 0 Å². The standard InChI is InChI=1S/C13H14BrClO3/c1-2-18-13(17)8-9-3-4-10(11(14)7-9)12(16)5-6-15/h3-4,7H,2,5-6,8H2,1H3. The fraction of sp³-hybridized carbons (Fsp3) is 0.385. The van der Waals surface area contributed by atoms with Gasteiger partial charge in [-0.25, -0.2) is 0 Å². The number of halogens is 2. The van der Waals surface area contributed by atoms with Crippen LogP contribution in [-0.4, -0.2) is 24.2 Å². The van der Waals surface area contributed by atoms with Gasteiger partial charge in [-0.1, -0.05) is 22.0 Å². The molecule has 1 aromatic carbocycles. The monoisotopic (exact) mass is 332 g/mol. The van der Waals surface area contributed by atoms with Crippen LogP contribution >= 0.6 is 27.5 Å². The molecule has 0 bridgehead atoms. The van der Waals surface area contributed by atoms with Gasteiger partial charge in [0, 0.05) is 22.3 Å². The van der Waals surface area contributed by atoms with E-state index in [9.17, 15) is 9.59 Å². The van der Waals surface area contributed by atoms with Crippen molar-refractivity contribution in [3.8, 4) is 0 Å². The van der Waals surface area contributed by atoms with E-state index in [0.29, 0.717) is 28.9 Å². The quantitative estimate of drug-likeness (QED) is 0.455. The average Bonchev–Trinajstić information content (AvgIpc) is 2.29. The zero-order valence-electron chi connectivity index (χ0n) is 10.0. The Kier molecular flexibility index (Phi) is 6.36. The van der Waals surface area contributed by atoms with Gasteiger partial charge in [-0.3, -0.25) is 9.59 Å². The Balaban J connectivity index is 2.79. The molecule has 3 nitrogen and oxygen atoms in total. The number of hydrogen-bond donors (Lipinski definition) is 0. The summed E-state index contributed by atoms with van der Waals surface area (Å²) >= 11 is 8.87. The van der Waals surface area contributed by atoms with E-state index in [1.54, 1.807) is 25.1 Å². The molecule has 0 saturated carbocycles. The second kappa shape index (κ2) is 7.54. The molecule has 0 aliphatic rings. The smallest absolute Gasteiger partial charge is 0.310 e. The van der Waals surface area contributed by atoms with Crippen molar-refractivity contribution in [2.45, 2.75) is 19.8 Å². The summed E-state index contributed by atoms with van der Waals surface area (Å²) in [6, 6.07) is 5.22. The Labute approximate surface area is 120 Å². The van der Waals surface area contributed by atoms with Crippen LogP contribution in [-0.2, 0) is 16.0 Å². The highest BCUT2D eigenvalue weighted by Gasteiger charge is 2.11. The predicted molar refractivity (Wildman–Crippen MR) is 74.1 cm³/mol. The lowest BCUT2D eigenvalue weighted by Crippen LogP contribution is -2.08. The van der Waals surface area contributed by atoms with Crippen LogP contribution in [0.1, 0.15) is 29.3 Å². The van der Waals surface area contributed by atoms with Crippen LogP contribution in [0.4, 0.5) is 0 Å². The highest BCUT2D eigenvalue weighted by Crippen LogP contribution is 2.21. The number of carbonyl (C=O) groups is 2. The summed E-state index contributed by atoms with van der Waals surface area (Å²) in [7, 11) is 0. The number of esters is 1. The zero-order valence-corrected chi connectivity index (χ0v) is 12.4. The van der Waals surface area contributed by atoms with Crippen molar-refractivity contribution in [3.05, 3.63) is 33.8 Å². The minimum atomic E-state index is -0.274. The van der Waals surface area contributed by atoms with E-state index >= 15 is 0 Å². The first-order chi connectivity index (χ1) is 8.58. The Morgan fingerprint density at radius 2 is 2.11 bits per heavy atom.